The number of hydrogen-bond donors (Lipinski definition) is 5. The molecule has 0 bridgehead atoms. The molecule has 0 amide bonds. The molecule has 3 heterocycles. The first-order chi connectivity index (χ1) is 14.7. The van der Waals surface area contributed by atoms with Crippen LogP contribution in [-0.4, -0.2) is 99.6 Å². The van der Waals surface area contributed by atoms with Crippen molar-refractivity contribution in [2.45, 2.75) is 68.1 Å². The van der Waals surface area contributed by atoms with E-state index < -0.39 is 20.9 Å². The molecule has 180 valence electrons. The number of nitrogens with one attached hydrogen (secondary N) is 4. The highest BCUT2D eigenvalue weighted by molar-refractivity contribution is 7.90. The Bertz CT molecular complexity index is 720. The lowest BCUT2D eigenvalue weighted by Crippen LogP contribution is -2.57. The Morgan fingerprint density at radius 3 is 2.81 bits per heavy atom. The lowest BCUT2D eigenvalue weighted by atomic mass is 9.81. The molecule has 3 aliphatic heterocycles. The third-order valence-corrected chi connectivity index (χ3v) is 9.61. The number of methoxy groups -OCH3 is 1. The standard InChI is InChI=1S/C20H40N6O4S/c1-20(27,13-30-3)15-7-8-21-18(9-15)26-12-16(11-23-26)31(28,29)24-17-6-4-5-14-10-22-25(2)19(14)17/h14-19,21-24,27H,4-13H2,1-3H3/t14?,15?,16?,17?,18?,19?,20-/m0/s1. The molecule has 4 aliphatic rings. The number of aliphatic hydroxyl groups is 1. The number of likely N-dealkylation sites (N-methyl/N-ethyl adjacent to an activating group) is 1. The summed E-state index contributed by atoms with van der Waals surface area (Å²) in [6.07, 6.45) is 4.71. The molecule has 4 fully saturated rings. The van der Waals surface area contributed by atoms with E-state index >= 15 is 0 Å². The molecule has 10 nitrogen and oxygen atoms in total. The minimum absolute atomic E-state index is 0.00786. The van der Waals surface area contributed by atoms with Crippen molar-refractivity contribution in [3.63, 3.8) is 0 Å². The lowest BCUT2D eigenvalue weighted by molar-refractivity contribution is -0.0816. The Balaban J connectivity index is 1.35. The van der Waals surface area contributed by atoms with Crippen molar-refractivity contribution in [2.24, 2.45) is 11.8 Å². The van der Waals surface area contributed by atoms with Gasteiger partial charge in [0, 0.05) is 45.9 Å². The molecule has 5 N–H and O–H groups in total. The largest absolute Gasteiger partial charge is 0.387 e. The van der Waals surface area contributed by atoms with Crippen LogP contribution in [0.1, 0.15) is 39.0 Å². The summed E-state index contributed by atoms with van der Waals surface area (Å²) in [5, 5.41) is 17.8. The quantitative estimate of drug-likeness (QED) is 0.319. The molecule has 1 aliphatic carbocycles. The number of hydrazine groups is 2. The average Bonchev–Trinajstić information content (AvgIpc) is 3.37. The van der Waals surface area contributed by atoms with Gasteiger partial charge in [-0.2, -0.15) is 0 Å². The van der Waals surface area contributed by atoms with Crippen molar-refractivity contribution in [1.29, 1.82) is 0 Å². The van der Waals surface area contributed by atoms with Gasteiger partial charge in [-0.1, -0.05) is 6.42 Å². The smallest absolute Gasteiger partial charge is 0.217 e. The molecule has 7 atom stereocenters. The molecular formula is C20H40N6O4S. The summed E-state index contributed by atoms with van der Waals surface area (Å²) in [5.41, 5.74) is 5.77. The molecule has 0 radical (unpaired) electrons. The predicted molar refractivity (Wildman–Crippen MR) is 118 cm³/mol. The molecule has 0 aromatic carbocycles. The number of hydrogen-bond acceptors (Lipinski definition) is 9. The van der Waals surface area contributed by atoms with Crippen molar-refractivity contribution in [1.82, 2.24) is 30.9 Å². The van der Waals surface area contributed by atoms with E-state index in [2.05, 4.69) is 25.9 Å². The zero-order valence-electron chi connectivity index (χ0n) is 19.0. The summed E-state index contributed by atoms with van der Waals surface area (Å²) < 4.78 is 34.7. The Morgan fingerprint density at radius 1 is 1.23 bits per heavy atom. The monoisotopic (exact) mass is 460 g/mol. The Hall–Kier alpha value is -0.370. The second kappa shape index (κ2) is 9.47. The highest BCUT2D eigenvalue weighted by Gasteiger charge is 2.45. The van der Waals surface area contributed by atoms with Crippen molar-refractivity contribution >= 4 is 10.0 Å². The predicted octanol–water partition coefficient (Wildman–Crippen LogP) is -1.19. The van der Waals surface area contributed by atoms with E-state index in [1.165, 1.54) is 0 Å². The van der Waals surface area contributed by atoms with Crippen LogP contribution in [0.2, 0.25) is 0 Å². The highest BCUT2D eigenvalue weighted by atomic mass is 32.2. The summed E-state index contributed by atoms with van der Waals surface area (Å²) in [4.78, 5) is 0. The first kappa shape index (κ1) is 23.8. The summed E-state index contributed by atoms with van der Waals surface area (Å²) in [5.74, 6) is 0.603. The van der Waals surface area contributed by atoms with Crippen LogP contribution in [0.15, 0.2) is 0 Å². The molecule has 31 heavy (non-hydrogen) atoms. The number of piperidine rings is 1. The normalized spacial score (nSPS) is 40.0. The van der Waals surface area contributed by atoms with Gasteiger partial charge in [-0.3, -0.25) is 10.9 Å². The van der Waals surface area contributed by atoms with E-state index in [1.807, 2.05) is 19.0 Å². The maximum absolute atomic E-state index is 13.2. The molecule has 3 saturated heterocycles. The number of sulfonamides is 1. The van der Waals surface area contributed by atoms with Gasteiger partial charge in [0.1, 0.15) is 5.25 Å². The number of fused-ring (bicyclic) bond motifs is 1. The van der Waals surface area contributed by atoms with E-state index in [0.29, 0.717) is 25.6 Å². The third kappa shape index (κ3) is 5.10. The van der Waals surface area contributed by atoms with Gasteiger partial charge < -0.3 is 15.2 Å². The summed E-state index contributed by atoms with van der Waals surface area (Å²) in [6.45, 7) is 4.67. The first-order valence-corrected chi connectivity index (χ1v) is 13.2. The summed E-state index contributed by atoms with van der Waals surface area (Å²) >= 11 is 0. The van der Waals surface area contributed by atoms with Crippen LogP contribution in [0.5, 0.6) is 0 Å². The molecule has 0 spiro atoms. The fraction of sp³-hybridized carbons (Fsp3) is 1.00. The van der Waals surface area contributed by atoms with Gasteiger partial charge in [-0.15, -0.1) is 0 Å². The van der Waals surface area contributed by atoms with Gasteiger partial charge in [0.25, 0.3) is 0 Å². The van der Waals surface area contributed by atoms with Crippen LogP contribution in [0.25, 0.3) is 0 Å². The van der Waals surface area contributed by atoms with Crippen molar-refractivity contribution < 1.29 is 18.3 Å². The van der Waals surface area contributed by atoms with E-state index in [1.54, 1.807) is 7.11 Å². The summed E-state index contributed by atoms with van der Waals surface area (Å²) in [7, 11) is 0.167. The fourth-order valence-electron chi connectivity index (χ4n) is 6.00. The zero-order valence-corrected chi connectivity index (χ0v) is 19.8. The van der Waals surface area contributed by atoms with Gasteiger partial charge in [0.15, 0.2) is 0 Å². The van der Waals surface area contributed by atoms with Gasteiger partial charge in [0.05, 0.1) is 18.4 Å². The average molecular weight is 461 g/mol. The third-order valence-electron chi connectivity index (χ3n) is 7.79. The SMILES string of the molecule is COC[C@](C)(O)C1CCNC(N2CC(S(=O)(=O)NC3CCCC4CNN(C)C43)CN2)C1. The number of ether oxygens (including phenoxy) is 1. The second-order valence-electron chi connectivity index (χ2n) is 10.0. The van der Waals surface area contributed by atoms with Crippen LogP contribution in [0.4, 0.5) is 0 Å². The fourth-order valence-corrected chi connectivity index (χ4v) is 7.52. The van der Waals surface area contributed by atoms with Crippen LogP contribution < -0.4 is 20.9 Å². The lowest BCUT2D eigenvalue weighted by Gasteiger charge is -2.41. The Morgan fingerprint density at radius 2 is 2.03 bits per heavy atom. The minimum atomic E-state index is -3.45. The minimum Gasteiger partial charge on any atom is -0.387 e. The van der Waals surface area contributed by atoms with Gasteiger partial charge in [-0.05, 0) is 51.0 Å². The highest BCUT2D eigenvalue weighted by Crippen LogP contribution is 2.32. The van der Waals surface area contributed by atoms with Crippen molar-refractivity contribution in [3.8, 4) is 0 Å². The van der Waals surface area contributed by atoms with Crippen molar-refractivity contribution in [2.75, 3.05) is 46.9 Å². The first-order valence-electron chi connectivity index (χ1n) is 11.6. The maximum atomic E-state index is 13.2. The van der Waals surface area contributed by atoms with E-state index in [4.69, 9.17) is 4.74 Å². The molecule has 0 aromatic heterocycles. The molecule has 1 saturated carbocycles. The molecule has 4 rings (SSSR count). The van der Waals surface area contributed by atoms with Crippen LogP contribution in [0, 0.1) is 11.8 Å². The van der Waals surface area contributed by atoms with Gasteiger partial charge in [-0.25, -0.2) is 23.2 Å². The van der Waals surface area contributed by atoms with E-state index in [0.717, 1.165) is 45.2 Å². The van der Waals surface area contributed by atoms with Crippen LogP contribution >= 0.6 is 0 Å². The maximum Gasteiger partial charge on any atom is 0.217 e. The Labute approximate surface area is 186 Å². The Kier molecular flexibility index (Phi) is 7.27. The van der Waals surface area contributed by atoms with Gasteiger partial charge >= 0.3 is 0 Å². The molecular weight excluding hydrogens is 420 g/mol. The van der Waals surface area contributed by atoms with E-state index in [9.17, 15) is 13.5 Å². The van der Waals surface area contributed by atoms with Crippen molar-refractivity contribution in [3.05, 3.63) is 0 Å². The summed E-state index contributed by atoms with van der Waals surface area (Å²) in [6, 6.07) is 0.178. The second-order valence-corrected chi connectivity index (χ2v) is 12.0. The zero-order chi connectivity index (χ0) is 22.2. The van der Waals surface area contributed by atoms with Crippen LogP contribution in [-0.2, 0) is 14.8 Å². The molecule has 6 unspecified atom stereocenters. The van der Waals surface area contributed by atoms with Crippen LogP contribution in [0.3, 0.4) is 0 Å². The van der Waals surface area contributed by atoms with E-state index in [-0.39, 0.29) is 24.2 Å². The number of rotatable bonds is 7. The number of nitrogens with zero attached hydrogens (tertiary/aromatic N) is 2. The topological polar surface area (TPSA) is 118 Å². The molecule has 11 heteroatoms. The van der Waals surface area contributed by atoms with Gasteiger partial charge in [0.2, 0.25) is 10.0 Å². The molecule has 0 aromatic rings.